The fraction of sp³-hybridized carbons (Fsp3) is 0. The first-order valence-electron chi connectivity index (χ1n) is 0. The summed E-state index contributed by atoms with van der Waals surface area (Å²) in [4.78, 5) is 0. The molecule has 9 radical (unpaired) electrons. The Morgan fingerprint density at radius 3 is 1.00 bits per heavy atom. The van der Waals surface area contributed by atoms with Crippen molar-refractivity contribution in [1.82, 2.24) is 0 Å². The zero-order chi connectivity index (χ0) is 0. The Bertz CT molecular complexity index is 11.6. The Kier molecular flexibility index (Phi) is 165. The third-order valence-corrected chi connectivity index (χ3v) is 0. The van der Waals surface area contributed by atoms with E-state index >= 15 is 0 Å². The van der Waals surface area contributed by atoms with Gasteiger partial charge in [0.05, 0.1) is 0 Å². The molecule has 0 heterocycles. The van der Waals surface area contributed by atoms with E-state index in [0.29, 0.717) is 0 Å². The third-order valence-electron chi connectivity index (χ3n) is 0. The van der Waals surface area contributed by atoms with Gasteiger partial charge in [0.1, 0.15) is 0 Å². The predicted octanol–water partition coefficient (Wildman–Crippen LogP) is -1.47. The SMILES string of the molecule is P.[Ca].[K].[Mg].[Si]. The van der Waals surface area contributed by atoms with E-state index in [4.69, 9.17) is 0 Å². The molecule has 0 saturated heterocycles. The Labute approximate surface area is 129 Å². The second-order valence-electron chi connectivity index (χ2n) is 0. The van der Waals surface area contributed by atoms with Crippen molar-refractivity contribution in [1.29, 1.82) is 0 Å². The van der Waals surface area contributed by atoms with Crippen LogP contribution in [0.2, 0.25) is 0 Å². The van der Waals surface area contributed by atoms with E-state index in [0.717, 1.165) is 0 Å². The van der Waals surface area contributed by atoms with E-state index in [1.54, 1.807) is 0 Å². The van der Waals surface area contributed by atoms with Gasteiger partial charge < -0.3 is 0 Å². The Hall–Kier alpha value is 4.31. The summed E-state index contributed by atoms with van der Waals surface area (Å²) in [6, 6.07) is 0. The average Bonchev–Trinajstić information content (AvgIpc) is 0. The van der Waals surface area contributed by atoms with Crippen LogP contribution in [0.4, 0.5) is 0 Å². The van der Waals surface area contributed by atoms with E-state index in [2.05, 4.69) is 0 Å². The zero-order valence-corrected chi connectivity index (χ0v) is 12.8. The minimum atomic E-state index is 0. The molecule has 0 aliphatic heterocycles. The smallest absolute Gasteiger partial charge is 0 e. The Morgan fingerprint density at radius 1 is 1.00 bits per heavy atom. The molecule has 0 fully saturated rings. The van der Waals surface area contributed by atoms with Gasteiger partial charge in [0.15, 0.2) is 0 Å². The number of hydrogen-bond donors (Lipinski definition) is 0. The minimum absolute atomic E-state index is 0. The molecule has 5 heavy (non-hydrogen) atoms. The molecule has 1 unspecified atom stereocenters. The quantitative estimate of drug-likeness (QED) is 0.304. The van der Waals surface area contributed by atoms with Crippen molar-refractivity contribution in [2.24, 2.45) is 0 Å². The minimum Gasteiger partial charge on any atom is -0.153 e. The van der Waals surface area contributed by atoms with E-state index in [1.807, 2.05) is 0 Å². The van der Waals surface area contributed by atoms with Crippen LogP contribution >= 0.6 is 9.90 Å². The summed E-state index contributed by atoms with van der Waals surface area (Å²) in [7, 11) is 0. The van der Waals surface area contributed by atoms with Crippen molar-refractivity contribution in [3.8, 4) is 0 Å². The van der Waals surface area contributed by atoms with E-state index in [-0.39, 0.29) is 133 Å². The van der Waals surface area contributed by atoms with Gasteiger partial charge in [-0.1, -0.05) is 0 Å². The molecule has 0 amide bonds. The standard InChI is InChI=1S/Ca.K.Mg.H3P.Si/h;;;1H3;. The van der Waals surface area contributed by atoms with Crippen LogP contribution in [0.3, 0.4) is 0 Å². The molecule has 17 valence electrons. The molecule has 0 aromatic heterocycles. The van der Waals surface area contributed by atoms with Crippen LogP contribution in [-0.2, 0) is 0 Å². The van der Waals surface area contributed by atoms with Crippen LogP contribution in [0.1, 0.15) is 0 Å². The fourth-order valence-electron chi connectivity index (χ4n) is 0. The van der Waals surface area contributed by atoms with Gasteiger partial charge in [-0.2, -0.15) is 9.90 Å². The van der Waals surface area contributed by atoms with Gasteiger partial charge in [-0.15, -0.1) is 0 Å². The Balaban J connectivity index is 0. The van der Waals surface area contributed by atoms with Crippen LogP contribution in [0.25, 0.3) is 0 Å². The second-order valence-corrected chi connectivity index (χ2v) is 0. The maximum Gasteiger partial charge on any atom is 0 e. The van der Waals surface area contributed by atoms with Gasteiger partial charge in [-0.05, 0) is 0 Å². The second kappa shape index (κ2) is 23.9. The molecule has 0 aromatic rings. The summed E-state index contributed by atoms with van der Waals surface area (Å²) in [6.07, 6.45) is 0. The monoisotopic (exact) mass is 165 g/mol. The maximum absolute atomic E-state index is 0. The predicted molar refractivity (Wildman–Crippen MR) is 34.1 cm³/mol. The Morgan fingerprint density at radius 2 is 1.00 bits per heavy atom. The molecule has 1 atom stereocenters. The molecule has 0 rings (SSSR count). The molecule has 0 nitrogen and oxygen atoms in total. The van der Waals surface area contributed by atoms with Crippen LogP contribution in [-0.4, -0.2) is 123 Å². The summed E-state index contributed by atoms with van der Waals surface area (Å²) in [5.41, 5.74) is 0. The van der Waals surface area contributed by atoms with Gasteiger partial charge in [0, 0.05) is 123 Å². The molecule has 0 spiro atoms. The van der Waals surface area contributed by atoms with Crippen molar-refractivity contribution >= 4 is 133 Å². The molecule has 0 bridgehead atoms. The van der Waals surface area contributed by atoms with Crippen LogP contribution in [0, 0.1) is 0 Å². The average molecular weight is 166 g/mol. The summed E-state index contributed by atoms with van der Waals surface area (Å²) in [5.74, 6) is 0. The van der Waals surface area contributed by atoms with Gasteiger partial charge >= 0.3 is 0 Å². The molecular weight excluding hydrogens is 163 g/mol. The van der Waals surface area contributed by atoms with Crippen molar-refractivity contribution in [2.45, 2.75) is 0 Å². The zero-order valence-electron chi connectivity index (χ0n) is 3.62. The normalized spacial score (nSPS) is 0. The first-order valence-corrected chi connectivity index (χ1v) is 0. The number of hydrogen-bond acceptors (Lipinski definition) is 0. The van der Waals surface area contributed by atoms with Gasteiger partial charge in [0.25, 0.3) is 0 Å². The van der Waals surface area contributed by atoms with E-state index in [1.165, 1.54) is 0 Å². The van der Waals surface area contributed by atoms with Gasteiger partial charge in [0.2, 0.25) is 0 Å². The van der Waals surface area contributed by atoms with Gasteiger partial charge in [-0.25, -0.2) is 0 Å². The van der Waals surface area contributed by atoms with Crippen LogP contribution in [0.5, 0.6) is 0 Å². The molecule has 0 saturated carbocycles. The molecular formula is H3CaKMgPSi. The first-order chi connectivity index (χ1) is 0. The summed E-state index contributed by atoms with van der Waals surface area (Å²) in [6.45, 7) is 0. The van der Waals surface area contributed by atoms with Gasteiger partial charge in [-0.3, -0.25) is 0 Å². The van der Waals surface area contributed by atoms with Crippen LogP contribution in [0.15, 0.2) is 0 Å². The molecule has 0 N–H and O–H groups in total. The van der Waals surface area contributed by atoms with Crippen LogP contribution < -0.4 is 0 Å². The van der Waals surface area contributed by atoms with Crippen molar-refractivity contribution in [3.05, 3.63) is 0 Å². The van der Waals surface area contributed by atoms with Crippen molar-refractivity contribution < 1.29 is 0 Å². The van der Waals surface area contributed by atoms with Crippen molar-refractivity contribution in [2.75, 3.05) is 0 Å². The van der Waals surface area contributed by atoms with Crippen molar-refractivity contribution in [3.63, 3.8) is 0 Å². The summed E-state index contributed by atoms with van der Waals surface area (Å²) in [5, 5.41) is 0. The summed E-state index contributed by atoms with van der Waals surface area (Å²) >= 11 is 0. The molecule has 0 aliphatic carbocycles. The molecule has 0 aliphatic rings. The molecule has 0 aromatic carbocycles. The number of rotatable bonds is 0. The first kappa shape index (κ1) is 34.6. The fourth-order valence-corrected chi connectivity index (χ4v) is 0. The largest absolute Gasteiger partial charge is 0.153 e. The third kappa shape index (κ3) is 17.8. The summed E-state index contributed by atoms with van der Waals surface area (Å²) < 4.78 is 0. The topological polar surface area (TPSA) is 0 Å². The maximum atomic E-state index is 0. The molecule has 5 heteroatoms. The van der Waals surface area contributed by atoms with E-state index in [9.17, 15) is 0 Å². The van der Waals surface area contributed by atoms with E-state index < -0.39 is 0 Å².